The lowest BCUT2D eigenvalue weighted by molar-refractivity contribution is -0.210. The first-order valence-corrected chi connectivity index (χ1v) is 4.88. The summed E-state index contributed by atoms with van der Waals surface area (Å²) in [5.74, 6) is 0.834. The van der Waals surface area contributed by atoms with Crippen molar-refractivity contribution in [1.29, 1.82) is 0 Å². The number of hydrogen-bond acceptors (Lipinski definition) is 3. The van der Waals surface area contributed by atoms with Gasteiger partial charge in [0.05, 0.1) is 0 Å². The average molecular weight is 188 g/mol. The molecule has 1 rings (SSSR count). The topological polar surface area (TPSA) is 38.7 Å². The first-order valence-electron chi connectivity index (χ1n) is 4.88. The van der Waals surface area contributed by atoms with Crippen molar-refractivity contribution in [3.05, 3.63) is 0 Å². The molecular formula is C10H20O3. The molecule has 0 aromatic carbocycles. The Labute approximate surface area is 80.0 Å². The van der Waals surface area contributed by atoms with Gasteiger partial charge in [-0.2, -0.15) is 0 Å². The summed E-state index contributed by atoms with van der Waals surface area (Å²) in [5.41, 5.74) is -0.855. The molecule has 13 heavy (non-hydrogen) atoms. The Morgan fingerprint density at radius 3 is 2.31 bits per heavy atom. The summed E-state index contributed by atoms with van der Waals surface area (Å²) in [6.45, 7) is 1.77. The molecule has 3 heteroatoms. The Morgan fingerprint density at radius 1 is 1.38 bits per heavy atom. The first kappa shape index (κ1) is 11.0. The van der Waals surface area contributed by atoms with Crippen LogP contribution in [0.2, 0.25) is 0 Å². The van der Waals surface area contributed by atoms with Crippen molar-refractivity contribution >= 4 is 0 Å². The molecule has 0 saturated heterocycles. The highest BCUT2D eigenvalue weighted by atomic mass is 16.7. The molecule has 0 bridgehead atoms. The quantitative estimate of drug-likeness (QED) is 0.643. The smallest absolute Gasteiger partial charge is 0.185 e. The third-order valence-corrected chi connectivity index (χ3v) is 2.69. The Hall–Kier alpha value is -0.120. The molecule has 1 N–H and O–H groups in total. The molecule has 1 aliphatic carbocycles. The molecule has 1 unspecified atom stereocenters. The Morgan fingerprint density at radius 2 is 1.92 bits per heavy atom. The zero-order valence-corrected chi connectivity index (χ0v) is 8.75. The summed E-state index contributed by atoms with van der Waals surface area (Å²) in [5, 5.41) is 10.0. The Bertz CT molecular complexity index is 148. The Kier molecular flexibility index (Phi) is 3.71. The van der Waals surface area contributed by atoms with Gasteiger partial charge in [-0.1, -0.05) is 12.8 Å². The number of hydrogen-bond donors (Lipinski definition) is 1. The van der Waals surface area contributed by atoms with Crippen LogP contribution in [0.1, 0.15) is 32.6 Å². The van der Waals surface area contributed by atoms with Crippen LogP contribution in [0.4, 0.5) is 0 Å². The van der Waals surface area contributed by atoms with E-state index in [2.05, 4.69) is 0 Å². The van der Waals surface area contributed by atoms with Crippen LogP contribution in [0, 0.1) is 5.92 Å². The van der Waals surface area contributed by atoms with Gasteiger partial charge in [-0.05, 0) is 25.7 Å². The van der Waals surface area contributed by atoms with Gasteiger partial charge in [-0.3, -0.25) is 0 Å². The minimum Gasteiger partial charge on any atom is -0.385 e. The third kappa shape index (κ3) is 3.25. The van der Waals surface area contributed by atoms with Crippen LogP contribution in [0.15, 0.2) is 0 Å². The van der Waals surface area contributed by atoms with Gasteiger partial charge >= 0.3 is 0 Å². The van der Waals surface area contributed by atoms with E-state index in [1.54, 1.807) is 21.1 Å². The predicted molar refractivity (Wildman–Crippen MR) is 50.4 cm³/mol. The maximum atomic E-state index is 10.0. The molecule has 0 aromatic rings. The van der Waals surface area contributed by atoms with E-state index in [4.69, 9.17) is 9.47 Å². The van der Waals surface area contributed by atoms with E-state index in [1.807, 2.05) is 0 Å². The molecule has 1 fully saturated rings. The molecule has 0 aliphatic heterocycles. The van der Waals surface area contributed by atoms with Crippen LogP contribution in [0.25, 0.3) is 0 Å². The summed E-state index contributed by atoms with van der Waals surface area (Å²) >= 11 is 0. The lowest BCUT2D eigenvalue weighted by atomic mass is 9.97. The minimum absolute atomic E-state index is 0.508. The van der Waals surface area contributed by atoms with Crippen LogP contribution in [0.5, 0.6) is 0 Å². The van der Waals surface area contributed by atoms with Gasteiger partial charge in [0.15, 0.2) is 6.29 Å². The highest BCUT2D eigenvalue weighted by molar-refractivity contribution is 4.82. The summed E-state index contributed by atoms with van der Waals surface area (Å²) in [4.78, 5) is 0. The summed E-state index contributed by atoms with van der Waals surface area (Å²) < 4.78 is 10.1. The number of rotatable bonds is 6. The summed E-state index contributed by atoms with van der Waals surface area (Å²) in [7, 11) is 3.11. The molecule has 1 aliphatic rings. The van der Waals surface area contributed by atoms with Crippen molar-refractivity contribution in [2.24, 2.45) is 5.92 Å². The van der Waals surface area contributed by atoms with Crippen molar-refractivity contribution in [1.82, 2.24) is 0 Å². The molecule has 0 radical (unpaired) electrons. The fourth-order valence-corrected chi connectivity index (χ4v) is 1.62. The van der Waals surface area contributed by atoms with Crippen LogP contribution in [-0.4, -0.2) is 31.2 Å². The lowest BCUT2D eigenvalue weighted by Crippen LogP contribution is -2.41. The second kappa shape index (κ2) is 4.40. The molecular weight excluding hydrogens is 168 g/mol. The standard InChI is InChI=1S/C10H20O3/c1-10(11,9(12-2)13-3)7-6-8-4-5-8/h8-9,11H,4-7H2,1-3H3. The number of aliphatic hydroxyl groups is 1. The van der Waals surface area contributed by atoms with Gasteiger partial charge in [0.25, 0.3) is 0 Å². The largest absolute Gasteiger partial charge is 0.385 e. The molecule has 0 amide bonds. The first-order chi connectivity index (χ1) is 6.10. The van der Waals surface area contributed by atoms with Crippen molar-refractivity contribution in [3.63, 3.8) is 0 Å². The number of ether oxygens (including phenoxy) is 2. The average Bonchev–Trinajstić information content (AvgIpc) is 2.85. The number of methoxy groups -OCH3 is 2. The molecule has 0 heterocycles. The van der Waals surface area contributed by atoms with E-state index < -0.39 is 11.9 Å². The minimum atomic E-state index is -0.855. The van der Waals surface area contributed by atoms with Crippen LogP contribution >= 0.6 is 0 Å². The highest BCUT2D eigenvalue weighted by Crippen LogP contribution is 2.36. The molecule has 78 valence electrons. The molecule has 0 aromatic heterocycles. The third-order valence-electron chi connectivity index (χ3n) is 2.69. The van der Waals surface area contributed by atoms with Crippen molar-refractivity contribution < 1.29 is 14.6 Å². The van der Waals surface area contributed by atoms with Gasteiger partial charge in [0.2, 0.25) is 0 Å². The maximum absolute atomic E-state index is 10.0. The van der Waals surface area contributed by atoms with Crippen molar-refractivity contribution in [2.75, 3.05) is 14.2 Å². The zero-order valence-electron chi connectivity index (χ0n) is 8.75. The molecule has 1 atom stereocenters. The van der Waals surface area contributed by atoms with Crippen LogP contribution in [0.3, 0.4) is 0 Å². The summed E-state index contributed by atoms with van der Waals surface area (Å²) in [6, 6.07) is 0. The second-order valence-electron chi connectivity index (χ2n) is 4.14. The fraction of sp³-hybridized carbons (Fsp3) is 1.00. The van der Waals surface area contributed by atoms with E-state index in [9.17, 15) is 5.11 Å². The fourth-order valence-electron chi connectivity index (χ4n) is 1.62. The zero-order chi connectivity index (χ0) is 9.90. The molecule has 0 spiro atoms. The normalized spacial score (nSPS) is 21.9. The van der Waals surface area contributed by atoms with E-state index in [0.29, 0.717) is 0 Å². The van der Waals surface area contributed by atoms with E-state index in [1.165, 1.54) is 12.8 Å². The van der Waals surface area contributed by atoms with Crippen LogP contribution in [-0.2, 0) is 9.47 Å². The van der Waals surface area contributed by atoms with E-state index in [-0.39, 0.29) is 0 Å². The predicted octanol–water partition coefficient (Wildman–Crippen LogP) is 1.55. The monoisotopic (exact) mass is 188 g/mol. The SMILES string of the molecule is COC(OC)C(C)(O)CCC1CC1. The van der Waals surface area contributed by atoms with Crippen molar-refractivity contribution in [2.45, 2.75) is 44.5 Å². The van der Waals surface area contributed by atoms with E-state index >= 15 is 0 Å². The lowest BCUT2D eigenvalue weighted by Gasteiger charge is -2.30. The van der Waals surface area contributed by atoms with Crippen molar-refractivity contribution in [3.8, 4) is 0 Å². The molecule has 1 saturated carbocycles. The maximum Gasteiger partial charge on any atom is 0.185 e. The van der Waals surface area contributed by atoms with E-state index in [0.717, 1.165) is 18.8 Å². The molecule has 3 nitrogen and oxygen atoms in total. The Balaban J connectivity index is 2.31. The van der Waals surface area contributed by atoms with Crippen LogP contribution < -0.4 is 0 Å². The van der Waals surface area contributed by atoms with Gasteiger partial charge in [0.1, 0.15) is 5.60 Å². The van der Waals surface area contributed by atoms with Gasteiger partial charge in [-0.25, -0.2) is 0 Å². The summed E-state index contributed by atoms with van der Waals surface area (Å²) in [6.07, 6.45) is 3.97. The highest BCUT2D eigenvalue weighted by Gasteiger charge is 2.34. The van der Waals surface area contributed by atoms with Gasteiger partial charge in [-0.15, -0.1) is 0 Å². The second-order valence-corrected chi connectivity index (χ2v) is 4.14. The van der Waals surface area contributed by atoms with Gasteiger partial charge < -0.3 is 14.6 Å². The van der Waals surface area contributed by atoms with Gasteiger partial charge in [0, 0.05) is 14.2 Å².